The molecular formula is C14H16N3OS2+. The number of carbonyl (C=O) groups excluding carboxylic acids is 1. The minimum atomic E-state index is -0.0902. The lowest BCUT2D eigenvalue weighted by Gasteiger charge is -2.04. The third kappa shape index (κ3) is 6.53. The van der Waals surface area contributed by atoms with Crippen LogP contribution in [0.15, 0.2) is 24.3 Å². The van der Waals surface area contributed by atoms with Crippen molar-refractivity contribution in [3.63, 3.8) is 0 Å². The normalized spacial score (nSPS) is 9.20. The van der Waals surface area contributed by atoms with Gasteiger partial charge < -0.3 is 11.1 Å². The number of amides is 1. The molecule has 0 bridgehead atoms. The summed E-state index contributed by atoms with van der Waals surface area (Å²) in [7, 11) is 3.51. The quantitative estimate of drug-likeness (QED) is 0.446. The second-order valence-electron chi connectivity index (χ2n) is 3.69. The van der Waals surface area contributed by atoms with Crippen molar-refractivity contribution in [2.45, 2.75) is 0 Å². The maximum atomic E-state index is 11.8. The second kappa shape index (κ2) is 10.2. The summed E-state index contributed by atoms with van der Waals surface area (Å²) in [6.45, 7) is 1.56. The van der Waals surface area contributed by atoms with Gasteiger partial charge in [-0.3, -0.25) is 4.79 Å². The van der Waals surface area contributed by atoms with Crippen molar-refractivity contribution in [3.8, 4) is 17.9 Å². The molecule has 4 N–H and O–H groups in total. The highest BCUT2D eigenvalue weighted by Crippen LogP contribution is 2.18. The molecule has 0 unspecified atom stereocenters. The molecule has 0 atom stereocenters. The van der Waals surface area contributed by atoms with Gasteiger partial charge in [0, 0.05) is 29.3 Å². The van der Waals surface area contributed by atoms with Gasteiger partial charge in [0.15, 0.2) is 6.07 Å². The van der Waals surface area contributed by atoms with E-state index in [1.54, 1.807) is 51.9 Å². The molecule has 0 radical (unpaired) electrons. The number of hydrogen-bond donors (Lipinski definition) is 2. The van der Waals surface area contributed by atoms with Gasteiger partial charge in [-0.2, -0.15) is 5.26 Å². The molecule has 0 aliphatic rings. The Kier molecular flexibility index (Phi) is 8.41. The van der Waals surface area contributed by atoms with Crippen LogP contribution in [-0.2, 0) is 0 Å². The molecule has 1 amide bonds. The summed E-state index contributed by atoms with van der Waals surface area (Å²) in [6.07, 6.45) is 0. The first-order chi connectivity index (χ1) is 9.77. The first kappa shape index (κ1) is 16.5. The van der Waals surface area contributed by atoms with Gasteiger partial charge in [0.2, 0.25) is 0 Å². The van der Waals surface area contributed by atoms with Crippen LogP contribution in [0.2, 0.25) is 0 Å². The fourth-order valence-electron chi connectivity index (χ4n) is 1.29. The zero-order chi connectivity index (χ0) is 14.6. The highest BCUT2D eigenvalue weighted by Gasteiger charge is 2.04. The van der Waals surface area contributed by atoms with Gasteiger partial charge in [-0.05, 0) is 24.3 Å². The van der Waals surface area contributed by atoms with Gasteiger partial charge in [0.25, 0.3) is 5.91 Å². The number of benzene rings is 1. The van der Waals surface area contributed by atoms with Crippen LogP contribution < -0.4 is 11.1 Å². The standard InChI is InChI=1S/C14H15N3OS2/c15-7-1-2-12-3-5-13(6-4-12)14(18)17-9-11-20-19-10-8-16/h3-6H,8-11,16H2,(H,17,18)/p+1. The minimum Gasteiger partial charge on any atom is -0.357 e. The number of nitrogens with zero attached hydrogens (tertiary/aromatic N) is 1. The molecular weight excluding hydrogens is 290 g/mol. The molecule has 0 heterocycles. The molecule has 20 heavy (non-hydrogen) atoms. The number of quaternary nitrogens is 1. The Labute approximate surface area is 126 Å². The number of hydrogen-bond acceptors (Lipinski definition) is 4. The average molecular weight is 306 g/mol. The van der Waals surface area contributed by atoms with Crippen LogP contribution in [0.3, 0.4) is 0 Å². The summed E-state index contributed by atoms with van der Waals surface area (Å²) < 4.78 is 0. The summed E-state index contributed by atoms with van der Waals surface area (Å²) in [5.41, 5.74) is 5.09. The fourth-order valence-corrected chi connectivity index (χ4v) is 3.14. The highest BCUT2D eigenvalue weighted by atomic mass is 33.1. The molecule has 0 fully saturated rings. The number of nitriles is 1. The van der Waals surface area contributed by atoms with Gasteiger partial charge in [-0.1, -0.05) is 27.5 Å². The van der Waals surface area contributed by atoms with Crippen molar-refractivity contribution in [2.75, 3.05) is 24.6 Å². The van der Waals surface area contributed by atoms with Crippen LogP contribution in [0, 0.1) is 23.2 Å². The first-order valence-electron chi connectivity index (χ1n) is 6.10. The Hall–Kier alpha value is -1.60. The molecule has 0 saturated carbocycles. The molecule has 0 aliphatic heterocycles. The van der Waals surface area contributed by atoms with E-state index in [0.717, 1.165) is 23.6 Å². The maximum absolute atomic E-state index is 11.8. The molecule has 0 saturated heterocycles. The Morgan fingerprint density at radius 2 is 1.95 bits per heavy atom. The third-order valence-electron chi connectivity index (χ3n) is 2.19. The van der Waals surface area contributed by atoms with Crippen LogP contribution in [0.1, 0.15) is 15.9 Å². The number of nitrogens with one attached hydrogen (secondary N) is 1. The van der Waals surface area contributed by atoms with Crippen molar-refractivity contribution in [1.82, 2.24) is 5.32 Å². The molecule has 0 spiro atoms. The van der Waals surface area contributed by atoms with E-state index in [1.165, 1.54) is 0 Å². The van der Waals surface area contributed by atoms with Gasteiger partial charge in [0.1, 0.15) is 0 Å². The average Bonchev–Trinajstić information content (AvgIpc) is 2.49. The number of carbonyl (C=O) groups is 1. The van der Waals surface area contributed by atoms with Gasteiger partial charge in [0.05, 0.1) is 12.3 Å². The van der Waals surface area contributed by atoms with Crippen molar-refractivity contribution >= 4 is 27.5 Å². The maximum Gasteiger partial charge on any atom is 0.251 e. The Balaban J connectivity index is 2.35. The summed E-state index contributed by atoms with van der Waals surface area (Å²) in [5.74, 6) is 6.81. The summed E-state index contributed by atoms with van der Waals surface area (Å²) >= 11 is 0. The van der Waals surface area contributed by atoms with Crippen molar-refractivity contribution in [2.24, 2.45) is 0 Å². The SMILES string of the molecule is N#CC#Cc1ccc(C(=O)NCCSSCC[NH3+])cc1. The predicted molar refractivity (Wildman–Crippen MR) is 83.9 cm³/mol. The van der Waals surface area contributed by atoms with E-state index in [1.807, 2.05) is 0 Å². The first-order valence-corrected chi connectivity index (χ1v) is 8.58. The van der Waals surface area contributed by atoms with E-state index in [2.05, 4.69) is 22.9 Å². The summed E-state index contributed by atoms with van der Waals surface area (Å²) in [4.78, 5) is 11.8. The Morgan fingerprint density at radius 3 is 2.60 bits per heavy atom. The largest absolute Gasteiger partial charge is 0.357 e. The van der Waals surface area contributed by atoms with Crippen LogP contribution >= 0.6 is 21.6 Å². The van der Waals surface area contributed by atoms with E-state index in [-0.39, 0.29) is 5.91 Å². The monoisotopic (exact) mass is 306 g/mol. The van der Waals surface area contributed by atoms with Crippen molar-refractivity contribution < 1.29 is 10.5 Å². The van der Waals surface area contributed by atoms with Crippen LogP contribution in [0.25, 0.3) is 0 Å². The van der Waals surface area contributed by atoms with Crippen LogP contribution in [0.5, 0.6) is 0 Å². The molecule has 1 aromatic rings. The molecule has 6 heteroatoms. The topological polar surface area (TPSA) is 80.5 Å². The Bertz CT molecular complexity index is 526. The van der Waals surface area contributed by atoms with E-state index < -0.39 is 0 Å². The van der Waals surface area contributed by atoms with Crippen LogP contribution in [0.4, 0.5) is 0 Å². The smallest absolute Gasteiger partial charge is 0.251 e. The van der Waals surface area contributed by atoms with E-state index >= 15 is 0 Å². The van der Waals surface area contributed by atoms with Gasteiger partial charge >= 0.3 is 0 Å². The van der Waals surface area contributed by atoms with E-state index in [0.29, 0.717) is 12.1 Å². The lowest BCUT2D eigenvalue weighted by molar-refractivity contribution is -0.360. The molecule has 0 aliphatic carbocycles. The molecule has 4 nitrogen and oxygen atoms in total. The number of rotatable bonds is 7. The zero-order valence-corrected chi connectivity index (χ0v) is 12.6. The lowest BCUT2D eigenvalue weighted by Crippen LogP contribution is -2.51. The molecule has 0 aromatic heterocycles. The van der Waals surface area contributed by atoms with Crippen molar-refractivity contribution in [3.05, 3.63) is 35.4 Å². The minimum absolute atomic E-state index is 0.0902. The molecule has 1 aromatic carbocycles. The second-order valence-corrected chi connectivity index (χ2v) is 6.39. The van der Waals surface area contributed by atoms with Gasteiger partial charge in [-0.15, -0.1) is 0 Å². The van der Waals surface area contributed by atoms with Crippen molar-refractivity contribution in [1.29, 1.82) is 5.26 Å². The fraction of sp³-hybridized carbons (Fsp3) is 0.286. The summed E-state index contributed by atoms with van der Waals surface area (Å²) in [6, 6.07) is 8.64. The lowest BCUT2D eigenvalue weighted by atomic mass is 10.1. The summed E-state index contributed by atoms with van der Waals surface area (Å²) in [5, 5.41) is 11.2. The highest BCUT2D eigenvalue weighted by molar-refractivity contribution is 8.76. The van der Waals surface area contributed by atoms with E-state index in [9.17, 15) is 4.79 Å². The van der Waals surface area contributed by atoms with Crippen LogP contribution in [-0.4, -0.2) is 30.5 Å². The molecule has 104 valence electrons. The predicted octanol–water partition coefficient (Wildman–Crippen LogP) is 0.915. The van der Waals surface area contributed by atoms with Gasteiger partial charge in [-0.25, -0.2) is 0 Å². The third-order valence-corrected chi connectivity index (χ3v) is 4.68. The zero-order valence-electron chi connectivity index (χ0n) is 11.0. The molecule has 1 rings (SSSR count). The van der Waals surface area contributed by atoms with E-state index in [4.69, 9.17) is 5.26 Å². The Morgan fingerprint density at radius 1 is 1.25 bits per heavy atom.